The number of nitrogens with zero attached hydrogens (tertiary/aromatic N) is 2. The number of anilines is 1. The summed E-state index contributed by atoms with van der Waals surface area (Å²) >= 11 is 1.15. The van der Waals surface area contributed by atoms with E-state index in [1.165, 1.54) is 6.92 Å². The number of amides is 1. The number of rotatable bonds is 8. The van der Waals surface area contributed by atoms with Crippen molar-refractivity contribution in [2.45, 2.75) is 37.9 Å². The number of nitrogens with one attached hydrogen (secondary N) is 1. The minimum Gasteiger partial charge on any atom is -0.484 e. The summed E-state index contributed by atoms with van der Waals surface area (Å²) in [5, 5.41) is 10.5. The van der Waals surface area contributed by atoms with Gasteiger partial charge >= 0.3 is 0 Å². The van der Waals surface area contributed by atoms with Crippen LogP contribution >= 0.6 is 11.8 Å². The molecule has 0 saturated carbocycles. The second-order valence-electron chi connectivity index (χ2n) is 6.45. The van der Waals surface area contributed by atoms with E-state index in [4.69, 9.17) is 9.15 Å². The third kappa shape index (κ3) is 5.92. The zero-order valence-electron chi connectivity index (χ0n) is 16.3. The number of ether oxygens (including phenoxy) is 1. The molecule has 0 fully saturated rings. The topological polar surface area (TPSA) is 94.3 Å². The lowest BCUT2D eigenvalue weighted by Gasteiger charge is -2.10. The Balaban J connectivity index is 1.54. The number of thioether (sulfide) groups is 1. The van der Waals surface area contributed by atoms with E-state index in [2.05, 4.69) is 15.5 Å². The number of carbonyl (C=O) groups excluding carboxylic acids is 2. The van der Waals surface area contributed by atoms with Gasteiger partial charge in [-0.2, -0.15) is 0 Å². The summed E-state index contributed by atoms with van der Waals surface area (Å²) in [5.41, 5.74) is 2.20. The highest BCUT2D eigenvalue weighted by molar-refractivity contribution is 8.00. The summed E-state index contributed by atoms with van der Waals surface area (Å²) in [4.78, 5) is 23.9. The Kier molecular flexibility index (Phi) is 6.66. The molecule has 8 heteroatoms. The van der Waals surface area contributed by atoms with Gasteiger partial charge in [0.25, 0.3) is 11.1 Å². The fourth-order valence-corrected chi connectivity index (χ4v) is 3.16. The number of Topliss-reactive ketones (excluding diaryl/α,β-unsaturated/α-hetero) is 1. The number of carbonyl (C=O) groups is 2. The van der Waals surface area contributed by atoms with Gasteiger partial charge in [0.15, 0.2) is 12.4 Å². The monoisotopic (exact) mass is 411 g/mol. The normalized spacial score (nSPS) is 11.7. The molecule has 0 saturated heterocycles. The van der Waals surface area contributed by atoms with E-state index in [1.54, 1.807) is 31.2 Å². The molecular weight excluding hydrogens is 390 g/mol. The number of ketones is 1. The molecule has 0 aliphatic rings. The molecule has 1 atom stereocenters. The van der Waals surface area contributed by atoms with Crippen LogP contribution in [0.3, 0.4) is 0 Å². The minimum absolute atomic E-state index is 0.0604. The van der Waals surface area contributed by atoms with Gasteiger partial charge in [-0.1, -0.05) is 36.0 Å². The first-order chi connectivity index (χ1) is 13.9. The van der Waals surface area contributed by atoms with Gasteiger partial charge in [-0.3, -0.25) is 9.59 Å². The quantitative estimate of drug-likeness (QED) is 0.437. The first-order valence-electron chi connectivity index (χ1n) is 9.01. The van der Waals surface area contributed by atoms with Crippen molar-refractivity contribution in [3.8, 4) is 5.75 Å². The number of aryl methyl sites for hydroxylation is 1. The zero-order chi connectivity index (χ0) is 20.8. The Hall–Kier alpha value is -3.13. The van der Waals surface area contributed by atoms with Gasteiger partial charge in [0, 0.05) is 11.3 Å². The molecule has 0 aliphatic heterocycles. The highest BCUT2D eigenvalue weighted by Gasteiger charge is 2.19. The summed E-state index contributed by atoms with van der Waals surface area (Å²) in [7, 11) is 0. The Bertz CT molecular complexity index is 1020. The maximum absolute atomic E-state index is 12.4. The van der Waals surface area contributed by atoms with E-state index in [0.717, 1.165) is 23.1 Å². The van der Waals surface area contributed by atoms with Crippen LogP contribution in [-0.2, 0) is 11.4 Å². The summed E-state index contributed by atoms with van der Waals surface area (Å²) in [6.45, 7) is 5.35. The fraction of sp³-hybridized carbons (Fsp3) is 0.238. The van der Waals surface area contributed by atoms with Crippen LogP contribution in [0.5, 0.6) is 5.75 Å². The average molecular weight is 411 g/mol. The second-order valence-corrected chi connectivity index (χ2v) is 7.75. The van der Waals surface area contributed by atoms with Gasteiger partial charge < -0.3 is 14.5 Å². The fourth-order valence-electron chi connectivity index (χ4n) is 2.46. The largest absolute Gasteiger partial charge is 0.484 e. The molecule has 0 aliphatic carbocycles. The van der Waals surface area contributed by atoms with Gasteiger partial charge in [0.05, 0.1) is 5.25 Å². The smallest absolute Gasteiger partial charge is 0.277 e. The van der Waals surface area contributed by atoms with E-state index in [1.807, 2.05) is 31.2 Å². The molecule has 0 bridgehead atoms. The van der Waals surface area contributed by atoms with Gasteiger partial charge in [0.2, 0.25) is 5.91 Å². The van der Waals surface area contributed by atoms with Crippen LogP contribution in [0.25, 0.3) is 0 Å². The van der Waals surface area contributed by atoms with Crippen molar-refractivity contribution in [3.05, 3.63) is 65.5 Å². The molecule has 1 unspecified atom stereocenters. The molecule has 0 spiro atoms. The lowest BCUT2D eigenvalue weighted by Crippen LogP contribution is -2.22. The van der Waals surface area contributed by atoms with Crippen molar-refractivity contribution >= 4 is 29.1 Å². The van der Waals surface area contributed by atoms with E-state index in [-0.39, 0.29) is 23.5 Å². The van der Waals surface area contributed by atoms with E-state index < -0.39 is 5.25 Å². The molecular formula is C21H21N3O4S. The molecule has 1 N–H and O–H groups in total. The van der Waals surface area contributed by atoms with Crippen LogP contribution in [0.1, 0.15) is 35.7 Å². The molecule has 7 nitrogen and oxygen atoms in total. The Morgan fingerprint density at radius 1 is 1.17 bits per heavy atom. The summed E-state index contributed by atoms with van der Waals surface area (Å²) < 4.78 is 11.2. The van der Waals surface area contributed by atoms with Crippen molar-refractivity contribution in [1.29, 1.82) is 0 Å². The van der Waals surface area contributed by atoms with Crippen molar-refractivity contribution in [2.75, 3.05) is 5.32 Å². The average Bonchev–Trinajstić information content (AvgIpc) is 3.14. The predicted molar refractivity (Wildman–Crippen MR) is 110 cm³/mol. The molecule has 3 rings (SSSR count). The van der Waals surface area contributed by atoms with Gasteiger partial charge in [0.1, 0.15) is 5.75 Å². The second kappa shape index (κ2) is 9.38. The van der Waals surface area contributed by atoms with Crippen molar-refractivity contribution in [1.82, 2.24) is 10.2 Å². The summed E-state index contributed by atoms with van der Waals surface area (Å²) in [6.07, 6.45) is 0. The highest BCUT2D eigenvalue weighted by atomic mass is 32.2. The van der Waals surface area contributed by atoms with Crippen LogP contribution in [0.4, 0.5) is 5.69 Å². The van der Waals surface area contributed by atoms with Crippen LogP contribution in [0.15, 0.2) is 58.2 Å². The molecule has 1 amide bonds. The van der Waals surface area contributed by atoms with Crippen molar-refractivity contribution in [2.24, 2.45) is 0 Å². The maximum Gasteiger partial charge on any atom is 0.277 e. The van der Waals surface area contributed by atoms with Crippen LogP contribution in [0.2, 0.25) is 0 Å². The van der Waals surface area contributed by atoms with Crippen LogP contribution in [-0.4, -0.2) is 27.1 Å². The van der Waals surface area contributed by atoms with Gasteiger partial charge in [-0.15, -0.1) is 10.2 Å². The summed E-state index contributed by atoms with van der Waals surface area (Å²) in [6, 6.07) is 14.5. The third-order valence-electron chi connectivity index (χ3n) is 3.98. The molecule has 0 radical (unpaired) electrons. The number of hydrogen-bond donors (Lipinski definition) is 1. The summed E-state index contributed by atoms with van der Waals surface area (Å²) in [5.74, 6) is 0.759. The van der Waals surface area contributed by atoms with E-state index in [9.17, 15) is 9.59 Å². The SMILES string of the molecule is CC(=O)c1cccc(NC(=O)C(C)Sc2nnc(COc3cccc(C)c3)o2)c1. The number of benzene rings is 2. The first-order valence-corrected chi connectivity index (χ1v) is 9.89. The Morgan fingerprint density at radius 3 is 2.72 bits per heavy atom. The number of hydrogen-bond acceptors (Lipinski definition) is 7. The van der Waals surface area contributed by atoms with Crippen molar-refractivity contribution < 1.29 is 18.7 Å². The zero-order valence-corrected chi connectivity index (χ0v) is 17.2. The molecule has 1 heterocycles. The lowest BCUT2D eigenvalue weighted by molar-refractivity contribution is -0.115. The molecule has 29 heavy (non-hydrogen) atoms. The minimum atomic E-state index is -0.470. The highest BCUT2D eigenvalue weighted by Crippen LogP contribution is 2.24. The lowest BCUT2D eigenvalue weighted by atomic mass is 10.1. The maximum atomic E-state index is 12.4. The van der Waals surface area contributed by atoms with Crippen molar-refractivity contribution in [3.63, 3.8) is 0 Å². The van der Waals surface area contributed by atoms with Crippen LogP contribution in [0, 0.1) is 6.92 Å². The molecule has 1 aromatic heterocycles. The first kappa shape index (κ1) is 20.6. The van der Waals surface area contributed by atoms with Gasteiger partial charge in [-0.05, 0) is 50.6 Å². The predicted octanol–water partition coefficient (Wildman–Crippen LogP) is 4.28. The van der Waals surface area contributed by atoms with Gasteiger partial charge in [-0.25, -0.2) is 0 Å². The van der Waals surface area contributed by atoms with E-state index >= 15 is 0 Å². The molecule has 2 aromatic carbocycles. The molecule has 150 valence electrons. The Morgan fingerprint density at radius 2 is 1.97 bits per heavy atom. The number of aromatic nitrogens is 2. The Labute approximate surface area is 172 Å². The third-order valence-corrected chi connectivity index (χ3v) is 4.92. The molecule has 3 aromatic rings. The standard InChI is InChI=1S/C21H21N3O4S/c1-13-6-4-9-18(10-13)27-12-19-23-24-21(28-19)29-15(3)20(26)22-17-8-5-7-16(11-17)14(2)25/h4-11,15H,12H2,1-3H3,(H,22,26). The van der Waals surface area contributed by atoms with Crippen LogP contribution < -0.4 is 10.1 Å². The van der Waals surface area contributed by atoms with E-state index in [0.29, 0.717) is 17.1 Å².